The van der Waals surface area contributed by atoms with Crippen LogP contribution in [0.25, 0.3) is 0 Å². The van der Waals surface area contributed by atoms with Crippen LogP contribution in [0, 0.1) is 5.82 Å². The SMILES string of the molecule is CCCn1c(CO)nnc1SC1CCCc2ccc(F)cc21. The van der Waals surface area contributed by atoms with Gasteiger partial charge >= 0.3 is 0 Å². The van der Waals surface area contributed by atoms with E-state index in [4.69, 9.17) is 0 Å². The second-order valence-electron chi connectivity index (χ2n) is 5.55. The number of aromatic nitrogens is 3. The second kappa shape index (κ2) is 6.79. The van der Waals surface area contributed by atoms with Crippen LogP contribution in [0.3, 0.4) is 0 Å². The Bertz CT molecular complexity index is 659. The normalized spacial score (nSPS) is 17.5. The molecule has 0 aliphatic heterocycles. The van der Waals surface area contributed by atoms with Gasteiger partial charge in [-0.1, -0.05) is 24.8 Å². The minimum absolute atomic E-state index is 0.108. The van der Waals surface area contributed by atoms with Crippen LogP contribution < -0.4 is 0 Å². The zero-order valence-corrected chi connectivity index (χ0v) is 13.4. The predicted octanol–water partition coefficient (Wildman–Crippen LogP) is 3.49. The third kappa shape index (κ3) is 3.03. The average molecular weight is 321 g/mol. The van der Waals surface area contributed by atoms with Gasteiger partial charge in [0.25, 0.3) is 0 Å². The van der Waals surface area contributed by atoms with Crippen molar-refractivity contribution in [3.63, 3.8) is 0 Å². The van der Waals surface area contributed by atoms with Crippen LogP contribution in [-0.2, 0) is 19.6 Å². The van der Waals surface area contributed by atoms with Crippen molar-refractivity contribution in [3.8, 4) is 0 Å². The average Bonchev–Trinajstić information content (AvgIpc) is 2.90. The minimum atomic E-state index is -0.183. The standard InChI is InChI=1S/C16H20FN3OS/c1-2-8-20-15(10-21)18-19-16(20)22-14-5-3-4-11-6-7-12(17)9-13(11)14/h6-7,9,14,21H,2-5,8,10H2,1H3. The van der Waals surface area contributed by atoms with Gasteiger partial charge in [-0.2, -0.15) is 0 Å². The van der Waals surface area contributed by atoms with Crippen molar-refractivity contribution in [1.29, 1.82) is 0 Å². The Morgan fingerprint density at radius 1 is 1.41 bits per heavy atom. The first-order chi connectivity index (χ1) is 10.7. The lowest BCUT2D eigenvalue weighted by molar-refractivity contribution is 0.263. The lowest BCUT2D eigenvalue weighted by Gasteiger charge is -2.24. The van der Waals surface area contributed by atoms with E-state index in [-0.39, 0.29) is 17.7 Å². The Morgan fingerprint density at radius 2 is 2.27 bits per heavy atom. The summed E-state index contributed by atoms with van der Waals surface area (Å²) in [6.07, 6.45) is 4.07. The van der Waals surface area contributed by atoms with Crippen molar-refractivity contribution >= 4 is 11.8 Å². The molecule has 1 N–H and O–H groups in total. The van der Waals surface area contributed by atoms with Crippen LogP contribution in [0.5, 0.6) is 0 Å². The van der Waals surface area contributed by atoms with Gasteiger partial charge in [0, 0.05) is 11.8 Å². The summed E-state index contributed by atoms with van der Waals surface area (Å²) < 4.78 is 15.6. The molecule has 1 aromatic heterocycles. The molecule has 0 saturated heterocycles. The van der Waals surface area contributed by atoms with Gasteiger partial charge in [0.15, 0.2) is 11.0 Å². The maximum Gasteiger partial charge on any atom is 0.191 e. The molecule has 0 radical (unpaired) electrons. The van der Waals surface area contributed by atoms with E-state index in [1.165, 1.54) is 11.6 Å². The molecule has 3 rings (SSSR count). The smallest absolute Gasteiger partial charge is 0.191 e. The predicted molar refractivity (Wildman–Crippen MR) is 84.2 cm³/mol. The first-order valence-electron chi connectivity index (χ1n) is 7.70. The fraction of sp³-hybridized carbons (Fsp3) is 0.500. The minimum Gasteiger partial charge on any atom is -0.388 e. The second-order valence-corrected chi connectivity index (χ2v) is 6.72. The van der Waals surface area contributed by atoms with E-state index < -0.39 is 0 Å². The number of fused-ring (bicyclic) bond motifs is 1. The molecule has 2 aromatic rings. The molecule has 1 heterocycles. The molecule has 6 heteroatoms. The first kappa shape index (κ1) is 15.5. The summed E-state index contributed by atoms with van der Waals surface area (Å²) in [5.74, 6) is 0.414. The van der Waals surface area contributed by atoms with Crippen LogP contribution in [0.1, 0.15) is 48.4 Å². The summed E-state index contributed by atoms with van der Waals surface area (Å²) in [4.78, 5) is 0. The molecule has 118 valence electrons. The van der Waals surface area contributed by atoms with Crippen molar-refractivity contribution in [2.24, 2.45) is 0 Å². The number of aryl methyl sites for hydroxylation is 1. The lowest BCUT2D eigenvalue weighted by Crippen LogP contribution is -2.10. The van der Waals surface area contributed by atoms with Gasteiger partial charge in [0.05, 0.1) is 0 Å². The molecule has 0 bridgehead atoms. The fourth-order valence-electron chi connectivity index (χ4n) is 2.95. The Hall–Kier alpha value is -1.40. The maximum atomic E-state index is 13.6. The van der Waals surface area contributed by atoms with Crippen molar-refractivity contribution in [1.82, 2.24) is 14.8 Å². The van der Waals surface area contributed by atoms with E-state index in [0.717, 1.165) is 42.9 Å². The number of nitrogens with zero attached hydrogens (tertiary/aromatic N) is 3. The number of benzene rings is 1. The van der Waals surface area contributed by atoms with E-state index >= 15 is 0 Å². The molecule has 1 aliphatic carbocycles. The highest BCUT2D eigenvalue weighted by Gasteiger charge is 2.24. The van der Waals surface area contributed by atoms with Gasteiger partial charge < -0.3 is 9.67 Å². The first-order valence-corrected chi connectivity index (χ1v) is 8.58. The van der Waals surface area contributed by atoms with E-state index in [1.54, 1.807) is 17.8 Å². The third-order valence-electron chi connectivity index (χ3n) is 4.00. The van der Waals surface area contributed by atoms with E-state index in [0.29, 0.717) is 5.82 Å². The molecule has 0 fully saturated rings. The highest BCUT2D eigenvalue weighted by molar-refractivity contribution is 7.99. The number of aliphatic hydroxyl groups is 1. The molecule has 4 nitrogen and oxygen atoms in total. The molecule has 1 atom stereocenters. The van der Waals surface area contributed by atoms with Gasteiger partial charge in [0.2, 0.25) is 0 Å². The zero-order chi connectivity index (χ0) is 15.5. The highest BCUT2D eigenvalue weighted by Crippen LogP contribution is 2.43. The highest BCUT2D eigenvalue weighted by atomic mass is 32.2. The number of halogens is 1. The van der Waals surface area contributed by atoms with Crippen LogP contribution in [0.4, 0.5) is 4.39 Å². The van der Waals surface area contributed by atoms with E-state index in [2.05, 4.69) is 17.1 Å². The van der Waals surface area contributed by atoms with Crippen LogP contribution in [0.2, 0.25) is 0 Å². The molecule has 0 amide bonds. The van der Waals surface area contributed by atoms with Crippen LogP contribution >= 0.6 is 11.8 Å². The molecule has 1 aromatic carbocycles. The van der Waals surface area contributed by atoms with Crippen molar-refractivity contribution in [2.45, 2.75) is 56.2 Å². The van der Waals surface area contributed by atoms with Crippen molar-refractivity contribution in [3.05, 3.63) is 41.0 Å². The summed E-state index contributed by atoms with van der Waals surface area (Å²) >= 11 is 1.63. The zero-order valence-electron chi connectivity index (χ0n) is 12.6. The monoisotopic (exact) mass is 321 g/mol. The summed E-state index contributed by atoms with van der Waals surface area (Å²) in [6.45, 7) is 2.76. The summed E-state index contributed by atoms with van der Waals surface area (Å²) in [5.41, 5.74) is 2.31. The van der Waals surface area contributed by atoms with Gasteiger partial charge in [-0.3, -0.25) is 0 Å². The topological polar surface area (TPSA) is 50.9 Å². The number of hydrogen-bond acceptors (Lipinski definition) is 4. The Morgan fingerprint density at radius 3 is 3.05 bits per heavy atom. The fourth-order valence-corrected chi connectivity index (χ4v) is 4.24. The lowest BCUT2D eigenvalue weighted by atomic mass is 9.91. The Kier molecular flexibility index (Phi) is 4.78. The van der Waals surface area contributed by atoms with Gasteiger partial charge in [-0.05, 0) is 48.9 Å². The van der Waals surface area contributed by atoms with E-state index in [9.17, 15) is 9.50 Å². The summed E-state index contributed by atoms with van der Waals surface area (Å²) in [6, 6.07) is 5.09. The Labute approximate surface area is 133 Å². The van der Waals surface area contributed by atoms with Crippen molar-refractivity contribution < 1.29 is 9.50 Å². The molecule has 22 heavy (non-hydrogen) atoms. The number of hydrogen-bond donors (Lipinski definition) is 1. The summed E-state index contributed by atoms with van der Waals surface area (Å²) in [5, 5.41) is 18.7. The molecular formula is C16H20FN3OS. The van der Waals surface area contributed by atoms with Gasteiger partial charge in [-0.25, -0.2) is 4.39 Å². The van der Waals surface area contributed by atoms with Gasteiger partial charge in [-0.15, -0.1) is 10.2 Å². The molecule has 1 aliphatic rings. The van der Waals surface area contributed by atoms with Gasteiger partial charge in [0.1, 0.15) is 12.4 Å². The van der Waals surface area contributed by atoms with E-state index in [1.807, 2.05) is 10.6 Å². The summed E-state index contributed by atoms with van der Waals surface area (Å²) in [7, 11) is 0. The largest absolute Gasteiger partial charge is 0.388 e. The number of thioether (sulfide) groups is 1. The molecule has 0 saturated carbocycles. The quantitative estimate of drug-likeness (QED) is 0.916. The van der Waals surface area contributed by atoms with Crippen LogP contribution in [0.15, 0.2) is 23.4 Å². The van der Waals surface area contributed by atoms with Crippen LogP contribution in [-0.4, -0.2) is 19.9 Å². The number of aliphatic hydroxyl groups excluding tert-OH is 1. The molecule has 1 unspecified atom stereocenters. The maximum absolute atomic E-state index is 13.6. The molecular weight excluding hydrogens is 301 g/mol. The van der Waals surface area contributed by atoms with Crippen molar-refractivity contribution in [2.75, 3.05) is 0 Å². The number of rotatable bonds is 5. The third-order valence-corrected chi connectivity index (χ3v) is 5.28. The molecule has 0 spiro atoms. The Balaban J connectivity index is 1.89.